The van der Waals surface area contributed by atoms with Crippen LogP contribution in [0, 0.1) is 12.8 Å². The Morgan fingerprint density at radius 1 is 1.24 bits per heavy atom. The van der Waals surface area contributed by atoms with E-state index in [9.17, 15) is 13.2 Å². The van der Waals surface area contributed by atoms with Gasteiger partial charge in [-0.05, 0) is 25.5 Å². The molecule has 0 spiro atoms. The first-order valence-electron chi connectivity index (χ1n) is 8.91. The molecule has 1 fully saturated rings. The van der Waals surface area contributed by atoms with Crippen LogP contribution in [-0.2, 0) is 12.7 Å². The van der Waals surface area contributed by atoms with E-state index in [-0.39, 0.29) is 36.7 Å². The van der Waals surface area contributed by atoms with E-state index in [0.717, 1.165) is 17.1 Å². The van der Waals surface area contributed by atoms with Gasteiger partial charge in [-0.15, -0.1) is 10.2 Å². The van der Waals surface area contributed by atoms with E-state index in [2.05, 4.69) is 30.5 Å². The number of pyridine rings is 1. The Labute approximate surface area is 168 Å². The van der Waals surface area contributed by atoms with E-state index >= 15 is 0 Å². The van der Waals surface area contributed by atoms with Crippen molar-refractivity contribution < 1.29 is 17.9 Å². The summed E-state index contributed by atoms with van der Waals surface area (Å²) in [5, 5.41) is 12.1. The number of nitrogens with zero attached hydrogens (tertiary/aromatic N) is 5. The minimum atomic E-state index is -4.68. The van der Waals surface area contributed by atoms with Crippen LogP contribution in [0.1, 0.15) is 33.9 Å². The third-order valence-corrected chi connectivity index (χ3v) is 5.22. The van der Waals surface area contributed by atoms with Crippen LogP contribution in [-0.4, -0.2) is 31.8 Å². The Kier molecular flexibility index (Phi) is 5.31. The highest BCUT2D eigenvalue weighted by Crippen LogP contribution is 2.46. The molecule has 0 amide bonds. The fourth-order valence-corrected chi connectivity index (χ4v) is 3.52. The number of rotatable bonds is 7. The standard InChI is InChI=1S/C18H17F3N6OS/c1-10-26-27-16(29-10)8-23-14-7-15(25-17(24-14)18(19,20)21)28-9-11-6-12(11)13-4-2-3-5-22-13/h2-5,7,11-12H,6,8-9H2,1H3,(H,23,24,25). The average Bonchev–Trinajstić information content (AvgIpc) is 3.37. The van der Waals surface area contributed by atoms with Crippen molar-refractivity contribution in [2.75, 3.05) is 11.9 Å². The third kappa shape index (κ3) is 4.97. The highest BCUT2D eigenvalue weighted by atomic mass is 32.1. The van der Waals surface area contributed by atoms with Crippen molar-refractivity contribution in [1.29, 1.82) is 0 Å². The summed E-state index contributed by atoms with van der Waals surface area (Å²) in [5.74, 6) is -0.876. The van der Waals surface area contributed by atoms with Gasteiger partial charge in [-0.1, -0.05) is 17.4 Å². The Morgan fingerprint density at radius 3 is 2.79 bits per heavy atom. The molecule has 11 heteroatoms. The van der Waals surface area contributed by atoms with E-state index in [0.29, 0.717) is 5.01 Å². The van der Waals surface area contributed by atoms with Gasteiger partial charge < -0.3 is 10.1 Å². The number of halogens is 3. The lowest BCUT2D eigenvalue weighted by molar-refractivity contribution is -0.145. The number of alkyl halides is 3. The summed E-state index contributed by atoms with van der Waals surface area (Å²) in [5.41, 5.74) is 0.967. The van der Waals surface area contributed by atoms with Crippen molar-refractivity contribution in [3.05, 3.63) is 52.0 Å². The van der Waals surface area contributed by atoms with Crippen molar-refractivity contribution in [2.45, 2.75) is 32.0 Å². The molecule has 0 aliphatic heterocycles. The molecule has 29 heavy (non-hydrogen) atoms. The van der Waals surface area contributed by atoms with Gasteiger partial charge in [0.25, 0.3) is 0 Å². The highest BCUT2D eigenvalue weighted by Gasteiger charge is 2.40. The zero-order valence-electron chi connectivity index (χ0n) is 15.3. The second-order valence-corrected chi connectivity index (χ2v) is 7.92. The number of nitrogens with one attached hydrogen (secondary N) is 1. The SMILES string of the molecule is Cc1nnc(CNc2cc(OCC3CC3c3ccccn3)nc(C(F)(F)F)n2)s1. The fraction of sp³-hybridized carbons (Fsp3) is 0.389. The Hall–Kier alpha value is -2.82. The van der Waals surface area contributed by atoms with E-state index < -0.39 is 12.0 Å². The van der Waals surface area contributed by atoms with Gasteiger partial charge in [-0.2, -0.15) is 18.2 Å². The number of anilines is 1. The summed E-state index contributed by atoms with van der Waals surface area (Å²) in [6.07, 6.45) is -2.07. The molecule has 3 aromatic rings. The van der Waals surface area contributed by atoms with Crippen LogP contribution in [0.25, 0.3) is 0 Å². The lowest BCUT2D eigenvalue weighted by atomic mass is 10.2. The predicted octanol–water partition coefficient (Wildman–Crippen LogP) is 3.84. The minimum absolute atomic E-state index is 0.0206. The minimum Gasteiger partial charge on any atom is -0.477 e. The van der Waals surface area contributed by atoms with Crippen LogP contribution >= 0.6 is 11.3 Å². The molecule has 1 aliphatic carbocycles. The maximum absolute atomic E-state index is 13.2. The summed E-state index contributed by atoms with van der Waals surface area (Å²) in [7, 11) is 0. The lowest BCUT2D eigenvalue weighted by Gasteiger charge is -2.12. The van der Waals surface area contributed by atoms with Gasteiger partial charge >= 0.3 is 6.18 Å². The molecule has 3 aromatic heterocycles. The molecule has 1 saturated carbocycles. The number of aryl methyl sites for hydroxylation is 1. The molecule has 2 atom stereocenters. The number of hydrogen-bond acceptors (Lipinski definition) is 8. The van der Waals surface area contributed by atoms with Gasteiger partial charge in [0, 0.05) is 29.8 Å². The summed E-state index contributed by atoms with van der Waals surface area (Å²) in [4.78, 5) is 11.4. The number of hydrogen-bond donors (Lipinski definition) is 1. The van der Waals surface area contributed by atoms with Crippen LogP contribution < -0.4 is 10.1 Å². The Bertz CT molecular complexity index is 981. The molecule has 0 saturated heterocycles. The fourth-order valence-electron chi connectivity index (χ4n) is 2.87. The van der Waals surface area contributed by atoms with Crippen molar-refractivity contribution in [3.8, 4) is 5.88 Å². The number of aromatic nitrogens is 5. The van der Waals surface area contributed by atoms with Crippen molar-refractivity contribution in [1.82, 2.24) is 25.1 Å². The van der Waals surface area contributed by atoms with Crippen LogP contribution in [0.5, 0.6) is 5.88 Å². The van der Waals surface area contributed by atoms with E-state index in [1.54, 1.807) is 13.1 Å². The first kappa shape index (κ1) is 19.5. The normalized spacial score (nSPS) is 18.5. The average molecular weight is 422 g/mol. The molecule has 4 rings (SSSR count). The van der Waals surface area contributed by atoms with Crippen LogP contribution in [0.15, 0.2) is 30.5 Å². The topological polar surface area (TPSA) is 85.7 Å². The van der Waals surface area contributed by atoms with Gasteiger partial charge in [0.05, 0.1) is 13.2 Å². The molecule has 1 N–H and O–H groups in total. The van der Waals surface area contributed by atoms with E-state index in [1.807, 2.05) is 18.2 Å². The van der Waals surface area contributed by atoms with Crippen molar-refractivity contribution in [2.24, 2.45) is 5.92 Å². The largest absolute Gasteiger partial charge is 0.477 e. The first-order chi connectivity index (χ1) is 13.9. The summed E-state index contributed by atoms with van der Waals surface area (Å²) < 4.78 is 45.1. The monoisotopic (exact) mass is 422 g/mol. The van der Waals surface area contributed by atoms with Gasteiger partial charge in [0.15, 0.2) is 0 Å². The lowest BCUT2D eigenvalue weighted by Crippen LogP contribution is -2.15. The van der Waals surface area contributed by atoms with Gasteiger partial charge in [0.1, 0.15) is 15.8 Å². The molecule has 7 nitrogen and oxygen atoms in total. The van der Waals surface area contributed by atoms with E-state index in [4.69, 9.17) is 4.74 Å². The maximum atomic E-state index is 13.2. The predicted molar refractivity (Wildman–Crippen MR) is 99.6 cm³/mol. The van der Waals surface area contributed by atoms with Gasteiger partial charge in [0.2, 0.25) is 11.7 Å². The smallest absolute Gasteiger partial charge is 0.451 e. The second-order valence-electron chi connectivity index (χ2n) is 6.65. The Morgan fingerprint density at radius 2 is 2.10 bits per heavy atom. The van der Waals surface area contributed by atoms with Crippen molar-refractivity contribution in [3.63, 3.8) is 0 Å². The van der Waals surface area contributed by atoms with Gasteiger partial charge in [-0.3, -0.25) is 4.98 Å². The van der Waals surface area contributed by atoms with Gasteiger partial charge in [-0.25, -0.2) is 4.98 Å². The molecule has 3 heterocycles. The molecular weight excluding hydrogens is 405 g/mol. The highest BCUT2D eigenvalue weighted by molar-refractivity contribution is 7.11. The van der Waals surface area contributed by atoms with E-state index in [1.165, 1.54) is 17.4 Å². The summed E-state index contributed by atoms with van der Waals surface area (Å²) in [6, 6.07) is 7.06. The molecule has 0 radical (unpaired) electrons. The molecule has 2 unspecified atom stereocenters. The summed E-state index contributed by atoms with van der Waals surface area (Å²) >= 11 is 1.35. The van der Waals surface area contributed by atoms with Crippen LogP contribution in [0.3, 0.4) is 0 Å². The summed E-state index contributed by atoms with van der Waals surface area (Å²) in [6.45, 7) is 2.28. The van der Waals surface area contributed by atoms with Crippen LogP contribution in [0.4, 0.5) is 19.0 Å². The molecule has 0 aromatic carbocycles. The third-order valence-electron chi connectivity index (χ3n) is 4.38. The molecule has 0 bridgehead atoms. The number of ether oxygens (including phenoxy) is 1. The second kappa shape index (κ2) is 7.90. The maximum Gasteiger partial charge on any atom is 0.451 e. The van der Waals surface area contributed by atoms with Crippen LogP contribution in [0.2, 0.25) is 0 Å². The molecular formula is C18H17F3N6OS. The molecule has 1 aliphatic rings. The zero-order chi connectivity index (χ0) is 20.4. The van der Waals surface area contributed by atoms with Crippen molar-refractivity contribution >= 4 is 17.2 Å². The zero-order valence-corrected chi connectivity index (χ0v) is 16.2. The Balaban J connectivity index is 1.43. The quantitative estimate of drug-likeness (QED) is 0.619. The first-order valence-corrected chi connectivity index (χ1v) is 9.73. The molecule has 152 valence electrons.